The molecule has 0 atom stereocenters. The lowest BCUT2D eigenvalue weighted by Crippen LogP contribution is -2.21. The molecular formula is C21H25N5O2. The Morgan fingerprint density at radius 2 is 1.68 bits per heavy atom. The van der Waals surface area contributed by atoms with Gasteiger partial charge in [0.15, 0.2) is 0 Å². The molecule has 3 aromatic rings. The molecule has 0 unspecified atom stereocenters. The molecule has 28 heavy (non-hydrogen) atoms. The maximum Gasteiger partial charge on any atom is 0.274 e. The van der Waals surface area contributed by atoms with E-state index in [4.69, 9.17) is 4.74 Å². The highest BCUT2D eigenvalue weighted by molar-refractivity contribution is 5.59. The smallest absolute Gasteiger partial charge is 0.274 e. The molecule has 0 radical (unpaired) electrons. The standard InChI is InChI=1S/C21H25N5O2/c1-4-26(5-2)17-10-8-16(9-11-17)22-21-23-20(27)19(24-25-21)14-15-6-12-18(28-3)13-7-15/h6-13H,4-5,14H2,1-3H3,(H2,22,23,25,27). The molecule has 0 saturated carbocycles. The predicted molar refractivity (Wildman–Crippen MR) is 112 cm³/mol. The molecule has 0 saturated heterocycles. The topological polar surface area (TPSA) is 83.1 Å². The van der Waals surface area contributed by atoms with Gasteiger partial charge in [-0.3, -0.25) is 9.78 Å². The molecule has 0 bridgehead atoms. The van der Waals surface area contributed by atoms with Gasteiger partial charge in [0.2, 0.25) is 5.95 Å². The number of aromatic nitrogens is 3. The molecule has 0 amide bonds. The molecule has 2 aromatic carbocycles. The molecule has 1 heterocycles. The van der Waals surface area contributed by atoms with E-state index in [2.05, 4.69) is 39.2 Å². The van der Waals surface area contributed by atoms with Crippen LogP contribution in [0.1, 0.15) is 25.1 Å². The summed E-state index contributed by atoms with van der Waals surface area (Å²) in [5, 5.41) is 11.3. The minimum absolute atomic E-state index is 0.256. The molecule has 0 aliphatic carbocycles. The van der Waals surface area contributed by atoms with Crippen LogP contribution in [0.5, 0.6) is 5.75 Å². The van der Waals surface area contributed by atoms with E-state index < -0.39 is 0 Å². The number of nitrogens with one attached hydrogen (secondary N) is 2. The van der Waals surface area contributed by atoms with Crippen molar-refractivity contribution in [1.29, 1.82) is 0 Å². The molecular weight excluding hydrogens is 354 g/mol. The highest BCUT2D eigenvalue weighted by Crippen LogP contribution is 2.19. The fraction of sp³-hybridized carbons (Fsp3) is 0.286. The first-order chi connectivity index (χ1) is 13.6. The van der Waals surface area contributed by atoms with Crippen molar-refractivity contribution < 1.29 is 4.74 Å². The molecule has 7 heteroatoms. The molecule has 2 N–H and O–H groups in total. The van der Waals surface area contributed by atoms with Crippen LogP contribution >= 0.6 is 0 Å². The first kappa shape index (κ1) is 19.4. The van der Waals surface area contributed by atoms with Gasteiger partial charge < -0.3 is 15.0 Å². The van der Waals surface area contributed by atoms with Gasteiger partial charge >= 0.3 is 0 Å². The average molecular weight is 379 g/mol. The summed E-state index contributed by atoms with van der Waals surface area (Å²) in [4.78, 5) is 17.4. The third-order valence-corrected chi connectivity index (χ3v) is 4.55. The van der Waals surface area contributed by atoms with Gasteiger partial charge in [0, 0.05) is 30.9 Å². The lowest BCUT2D eigenvalue weighted by atomic mass is 10.1. The van der Waals surface area contributed by atoms with E-state index in [0.29, 0.717) is 18.1 Å². The lowest BCUT2D eigenvalue weighted by molar-refractivity contribution is 0.414. The summed E-state index contributed by atoms with van der Waals surface area (Å²) in [6, 6.07) is 15.5. The third-order valence-electron chi connectivity index (χ3n) is 4.55. The highest BCUT2D eigenvalue weighted by Gasteiger charge is 2.07. The van der Waals surface area contributed by atoms with Crippen LogP contribution in [0.4, 0.5) is 17.3 Å². The van der Waals surface area contributed by atoms with Gasteiger partial charge in [0.05, 0.1) is 7.11 Å². The summed E-state index contributed by atoms with van der Waals surface area (Å²) in [6.07, 6.45) is 0.408. The van der Waals surface area contributed by atoms with Gasteiger partial charge in [-0.25, -0.2) is 0 Å². The summed E-state index contributed by atoms with van der Waals surface area (Å²) < 4.78 is 5.14. The molecule has 0 spiro atoms. The van der Waals surface area contributed by atoms with Gasteiger partial charge in [0.25, 0.3) is 5.56 Å². The van der Waals surface area contributed by atoms with Gasteiger partial charge in [-0.1, -0.05) is 12.1 Å². The summed E-state index contributed by atoms with van der Waals surface area (Å²) in [6.45, 7) is 6.17. The van der Waals surface area contributed by atoms with Crippen LogP contribution in [0.25, 0.3) is 0 Å². The monoisotopic (exact) mass is 379 g/mol. The highest BCUT2D eigenvalue weighted by atomic mass is 16.5. The van der Waals surface area contributed by atoms with Crippen LogP contribution in [-0.2, 0) is 6.42 Å². The van der Waals surface area contributed by atoms with Gasteiger partial charge in [-0.15, -0.1) is 10.2 Å². The summed E-state index contributed by atoms with van der Waals surface area (Å²) >= 11 is 0. The second kappa shape index (κ2) is 9.03. The quantitative estimate of drug-likeness (QED) is 0.624. The van der Waals surface area contributed by atoms with E-state index >= 15 is 0 Å². The Morgan fingerprint density at radius 1 is 1.00 bits per heavy atom. The van der Waals surface area contributed by atoms with Crippen LogP contribution < -0.4 is 20.5 Å². The van der Waals surface area contributed by atoms with Crippen molar-refractivity contribution in [3.05, 3.63) is 70.1 Å². The summed E-state index contributed by atoms with van der Waals surface area (Å²) in [5.74, 6) is 1.09. The average Bonchev–Trinajstić information content (AvgIpc) is 2.73. The van der Waals surface area contributed by atoms with E-state index in [-0.39, 0.29) is 5.56 Å². The van der Waals surface area contributed by atoms with E-state index in [9.17, 15) is 4.79 Å². The largest absolute Gasteiger partial charge is 0.497 e. The number of benzene rings is 2. The van der Waals surface area contributed by atoms with Crippen molar-refractivity contribution >= 4 is 17.3 Å². The Morgan fingerprint density at radius 3 is 2.25 bits per heavy atom. The van der Waals surface area contributed by atoms with E-state index in [0.717, 1.165) is 35.8 Å². The van der Waals surface area contributed by atoms with Crippen LogP contribution in [0.2, 0.25) is 0 Å². The zero-order valence-corrected chi connectivity index (χ0v) is 16.4. The van der Waals surface area contributed by atoms with Crippen molar-refractivity contribution in [2.24, 2.45) is 0 Å². The molecule has 0 aliphatic heterocycles. The van der Waals surface area contributed by atoms with Gasteiger partial charge in [0.1, 0.15) is 11.4 Å². The Hall–Kier alpha value is -3.35. The zero-order chi connectivity index (χ0) is 19.9. The van der Waals surface area contributed by atoms with Crippen molar-refractivity contribution in [2.75, 3.05) is 30.4 Å². The Labute approximate surface area is 164 Å². The Kier molecular flexibility index (Phi) is 6.26. The number of hydrogen-bond donors (Lipinski definition) is 2. The van der Waals surface area contributed by atoms with Crippen molar-refractivity contribution in [3.63, 3.8) is 0 Å². The van der Waals surface area contributed by atoms with Crippen LogP contribution in [0.15, 0.2) is 53.3 Å². The minimum Gasteiger partial charge on any atom is -0.497 e. The maximum atomic E-state index is 12.3. The van der Waals surface area contributed by atoms with Crippen molar-refractivity contribution in [3.8, 4) is 5.75 Å². The molecule has 146 valence electrons. The van der Waals surface area contributed by atoms with E-state index in [1.807, 2.05) is 48.5 Å². The second-order valence-electron chi connectivity index (χ2n) is 6.32. The maximum absolute atomic E-state index is 12.3. The zero-order valence-electron chi connectivity index (χ0n) is 16.4. The van der Waals surface area contributed by atoms with E-state index in [1.165, 1.54) is 0 Å². The number of rotatable bonds is 8. The summed E-state index contributed by atoms with van der Waals surface area (Å²) in [7, 11) is 1.62. The molecule has 3 rings (SSSR count). The molecule has 0 aliphatic rings. The van der Waals surface area contributed by atoms with Crippen LogP contribution in [0.3, 0.4) is 0 Å². The first-order valence-electron chi connectivity index (χ1n) is 9.33. The fourth-order valence-corrected chi connectivity index (χ4v) is 2.95. The minimum atomic E-state index is -0.256. The SMILES string of the molecule is CCN(CC)c1ccc(Nc2nnc(Cc3ccc(OC)cc3)c(=O)[nH]2)cc1. The number of hydrogen-bond acceptors (Lipinski definition) is 6. The lowest BCUT2D eigenvalue weighted by Gasteiger charge is -2.21. The van der Waals surface area contributed by atoms with Crippen molar-refractivity contribution in [2.45, 2.75) is 20.3 Å². The summed E-state index contributed by atoms with van der Waals surface area (Å²) in [5.41, 5.74) is 3.07. The molecule has 1 aromatic heterocycles. The number of H-pyrrole nitrogens is 1. The Bertz CT molecular complexity index is 948. The van der Waals surface area contributed by atoms with E-state index in [1.54, 1.807) is 7.11 Å². The van der Waals surface area contributed by atoms with Gasteiger partial charge in [-0.2, -0.15) is 0 Å². The molecule has 0 fully saturated rings. The number of aromatic amines is 1. The molecule has 7 nitrogen and oxygen atoms in total. The van der Waals surface area contributed by atoms with Gasteiger partial charge in [-0.05, 0) is 55.8 Å². The first-order valence-corrected chi connectivity index (χ1v) is 9.33. The van der Waals surface area contributed by atoms with Crippen LogP contribution in [-0.4, -0.2) is 35.4 Å². The fourth-order valence-electron chi connectivity index (χ4n) is 2.95. The number of ether oxygens (including phenoxy) is 1. The number of anilines is 3. The third kappa shape index (κ3) is 4.68. The number of methoxy groups -OCH3 is 1. The number of nitrogens with zero attached hydrogens (tertiary/aromatic N) is 3. The second-order valence-corrected chi connectivity index (χ2v) is 6.32. The Balaban J connectivity index is 1.69. The predicted octanol–water partition coefficient (Wildman–Crippen LogP) is 3.35. The van der Waals surface area contributed by atoms with Crippen LogP contribution in [0, 0.1) is 0 Å². The van der Waals surface area contributed by atoms with Crippen molar-refractivity contribution in [1.82, 2.24) is 15.2 Å². The normalized spacial score (nSPS) is 10.5.